The predicted octanol–water partition coefficient (Wildman–Crippen LogP) is 2.86. The van der Waals surface area contributed by atoms with Crippen LogP contribution in [0.15, 0.2) is 16.9 Å². The Balaban J connectivity index is 1.61. The lowest BCUT2D eigenvalue weighted by Crippen LogP contribution is -2.36. The van der Waals surface area contributed by atoms with Crippen LogP contribution in [-0.4, -0.2) is 54.0 Å². The lowest BCUT2D eigenvalue weighted by molar-refractivity contribution is -0.113. The summed E-state index contributed by atoms with van der Waals surface area (Å²) in [5, 5.41) is 5.59. The van der Waals surface area contributed by atoms with E-state index >= 15 is 0 Å². The van der Waals surface area contributed by atoms with Gasteiger partial charge < -0.3 is 24.3 Å². The van der Waals surface area contributed by atoms with Crippen LogP contribution in [0.25, 0.3) is 0 Å². The van der Waals surface area contributed by atoms with Gasteiger partial charge in [0.1, 0.15) is 19.0 Å². The highest BCUT2D eigenvalue weighted by molar-refractivity contribution is 8.00. The number of ether oxygens (including phenoxy) is 4. The van der Waals surface area contributed by atoms with Gasteiger partial charge in [-0.25, -0.2) is 0 Å². The molecule has 0 radical (unpaired) electrons. The summed E-state index contributed by atoms with van der Waals surface area (Å²) in [5.74, 6) is 2.32. The van der Waals surface area contributed by atoms with E-state index in [1.54, 1.807) is 7.11 Å². The van der Waals surface area contributed by atoms with Crippen LogP contribution in [0.5, 0.6) is 17.2 Å². The van der Waals surface area contributed by atoms with Crippen LogP contribution in [0.3, 0.4) is 0 Å². The average Bonchev–Trinajstić information content (AvgIpc) is 2.97. The number of aromatic amines is 1. The summed E-state index contributed by atoms with van der Waals surface area (Å²) in [7, 11) is 1.57. The highest BCUT2D eigenvalue weighted by atomic mass is 32.2. The van der Waals surface area contributed by atoms with E-state index in [4.69, 9.17) is 18.9 Å². The molecule has 4 heterocycles. The van der Waals surface area contributed by atoms with Crippen LogP contribution >= 0.6 is 11.8 Å². The van der Waals surface area contributed by atoms with Gasteiger partial charge in [0.2, 0.25) is 11.7 Å². The summed E-state index contributed by atoms with van der Waals surface area (Å²) in [6.07, 6.45) is 1.49. The normalized spacial score (nSPS) is 24.3. The molecule has 5 rings (SSSR count). The summed E-state index contributed by atoms with van der Waals surface area (Å²) in [5.41, 5.74) is 0.842. The number of H-pyrrole nitrogens is 1. The van der Waals surface area contributed by atoms with Gasteiger partial charge in [0.25, 0.3) is 5.56 Å². The number of rotatable bonds is 3. The molecule has 1 aromatic heterocycles. The third-order valence-corrected chi connectivity index (χ3v) is 7.32. The topological polar surface area (TPSA) is 104 Å². The Labute approximate surface area is 189 Å². The fraction of sp³-hybridized carbons (Fsp3) is 0.545. The van der Waals surface area contributed by atoms with Crippen LogP contribution in [0.1, 0.15) is 49.1 Å². The summed E-state index contributed by atoms with van der Waals surface area (Å²) in [6, 6.07) is 3.76. The molecule has 0 saturated carbocycles. The van der Waals surface area contributed by atoms with Gasteiger partial charge in [-0.3, -0.25) is 19.4 Å². The zero-order valence-corrected chi connectivity index (χ0v) is 19.2. The molecule has 10 heteroatoms. The van der Waals surface area contributed by atoms with Gasteiger partial charge in [0.15, 0.2) is 11.5 Å². The van der Waals surface area contributed by atoms with E-state index in [-0.39, 0.29) is 34.1 Å². The van der Waals surface area contributed by atoms with Crippen LogP contribution in [0.2, 0.25) is 0 Å². The zero-order chi connectivity index (χ0) is 22.5. The molecule has 2 atom stereocenters. The maximum Gasteiger partial charge on any atom is 0.270 e. The Hall–Kier alpha value is -2.59. The Kier molecular flexibility index (Phi) is 5.37. The maximum atomic E-state index is 13.2. The van der Waals surface area contributed by atoms with E-state index in [0.29, 0.717) is 48.5 Å². The molecular weight excluding hydrogens is 434 g/mol. The first-order chi connectivity index (χ1) is 15.4. The number of fused-ring (bicyclic) bond motifs is 2. The summed E-state index contributed by atoms with van der Waals surface area (Å²) < 4.78 is 24.7. The summed E-state index contributed by atoms with van der Waals surface area (Å²) in [6.45, 7) is 5.57. The number of hydrogen-bond donors (Lipinski definition) is 2. The molecule has 0 bridgehead atoms. The Bertz CT molecular complexity index is 1090. The maximum absolute atomic E-state index is 13.2. The number of nitrogens with zero attached hydrogens (tertiary/aromatic N) is 1. The monoisotopic (exact) mass is 461 g/mol. The minimum absolute atomic E-state index is 0.0223. The van der Waals surface area contributed by atoms with Gasteiger partial charge in [-0.15, -0.1) is 11.8 Å². The third-order valence-electron chi connectivity index (χ3n) is 6.05. The number of hydrogen-bond acceptors (Lipinski definition) is 7. The van der Waals surface area contributed by atoms with Crippen molar-refractivity contribution in [2.24, 2.45) is 0 Å². The summed E-state index contributed by atoms with van der Waals surface area (Å²) in [4.78, 5) is 25.8. The second-order valence-corrected chi connectivity index (χ2v) is 9.91. The number of thioether (sulfide) groups is 1. The number of anilines is 1. The van der Waals surface area contributed by atoms with Gasteiger partial charge in [0.05, 0.1) is 35.3 Å². The first kappa shape index (κ1) is 21.3. The van der Waals surface area contributed by atoms with Crippen molar-refractivity contribution in [3.63, 3.8) is 0 Å². The van der Waals surface area contributed by atoms with Gasteiger partial charge in [-0.2, -0.15) is 0 Å². The largest absolute Gasteiger partial charge is 0.493 e. The average molecular weight is 462 g/mol. The van der Waals surface area contributed by atoms with Crippen molar-refractivity contribution in [1.29, 1.82) is 0 Å². The first-order valence-corrected chi connectivity index (χ1v) is 11.8. The molecule has 2 aromatic rings. The lowest BCUT2D eigenvalue weighted by Gasteiger charge is -2.36. The Morgan fingerprint density at radius 3 is 2.78 bits per heavy atom. The molecule has 1 amide bonds. The molecular formula is C22H27N3O6S. The van der Waals surface area contributed by atoms with Crippen LogP contribution in [0, 0.1) is 0 Å². The SMILES string of the molecule is COc1cc([C@@H]2SCC(=O)Nc3c2c(=O)[nH]n3[C@H]2CCOC(C)(C)C2)cc2c1OCCO2. The molecule has 0 unspecified atom stereocenters. The van der Waals surface area contributed by atoms with Gasteiger partial charge in [0, 0.05) is 6.61 Å². The molecule has 9 nitrogen and oxygen atoms in total. The van der Waals surface area contributed by atoms with E-state index in [1.165, 1.54) is 11.8 Å². The lowest BCUT2D eigenvalue weighted by atomic mass is 9.94. The quantitative estimate of drug-likeness (QED) is 0.724. The predicted molar refractivity (Wildman–Crippen MR) is 120 cm³/mol. The van der Waals surface area contributed by atoms with E-state index < -0.39 is 0 Å². The third kappa shape index (κ3) is 3.75. The van der Waals surface area contributed by atoms with E-state index in [2.05, 4.69) is 10.4 Å². The number of carbonyl (C=O) groups is 1. The molecule has 3 aliphatic heterocycles. The van der Waals surface area contributed by atoms with Crippen molar-refractivity contribution in [3.05, 3.63) is 33.6 Å². The molecule has 1 saturated heterocycles. The number of carbonyl (C=O) groups excluding carboxylic acids is 1. The number of amides is 1. The fourth-order valence-electron chi connectivity index (χ4n) is 4.65. The number of methoxy groups -OCH3 is 1. The Morgan fingerprint density at radius 2 is 2.00 bits per heavy atom. The molecule has 0 aliphatic carbocycles. The minimum atomic E-state index is -0.369. The van der Waals surface area contributed by atoms with Crippen molar-refractivity contribution < 1.29 is 23.7 Å². The van der Waals surface area contributed by atoms with Gasteiger partial charge in [-0.1, -0.05) is 0 Å². The fourth-order valence-corrected chi connectivity index (χ4v) is 5.75. The molecule has 1 fully saturated rings. The first-order valence-electron chi connectivity index (χ1n) is 10.7. The molecule has 172 valence electrons. The Morgan fingerprint density at radius 1 is 1.19 bits per heavy atom. The highest BCUT2D eigenvalue weighted by Gasteiger charge is 2.36. The number of aromatic nitrogens is 2. The van der Waals surface area contributed by atoms with Gasteiger partial charge in [-0.05, 0) is 44.4 Å². The standard InChI is InChI=1S/C22H27N3O6S/c1-22(2)10-13(4-5-31-22)25-20-17(21(27)24-25)19(32-11-16(26)23-20)12-8-14(28-3)18-15(9-12)29-6-7-30-18/h8-9,13,19H,4-7,10-11H2,1-3H3,(H,23,26)(H,24,27)/t13-,19-/m0/s1. The molecule has 2 N–H and O–H groups in total. The molecule has 3 aliphatic rings. The zero-order valence-electron chi connectivity index (χ0n) is 18.4. The molecule has 1 aromatic carbocycles. The highest BCUT2D eigenvalue weighted by Crippen LogP contribution is 2.47. The van der Waals surface area contributed by atoms with E-state index in [9.17, 15) is 9.59 Å². The van der Waals surface area contributed by atoms with E-state index in [1.807, 2.05) is 30.7 Å². The second-order valence-electron chi connectivity index (χ2n) is 8.81. The van der Waals surface area contributed by atoms with Crippen molar-refractivity contribution in [3.8, 4) is 17.2 Å². The molecule has 32 heavy (non-hydrogen) atoms. The minimum Gasteiger partial charge on any atom is -0.493 e. The molecule has 0 spiro atoms. The van der Waals surface area contributed by atoms with Crippen molar-refractivity contribution in [2.75, 3.05) is 38.0 Å². The number of benzene rings is 1. The van der Waals surface area contributed by atoms with Crippen molar-refractivity contribution in [1.82, 2.24) is 9.78 Å². The van der Waals surface area contributed by atoms with Crippen LogP contribution in [-0.2, 0) is 9.53 Å². The number of nitrogens with one attached hydrogen (secondary N) is 2. The van der Waals surface area contributed by atoms with E-state index in [0.717, 1.165) is 18.4 Å². The van der Waals surface area contributed by atoms with Crippen molar-refractivity contribution in [2.45, 2.75) is 43.6 Å². The van der Waals surface area contributed by atoms with Crippen molar-refractivity contribution >= 4 is 23.5 Å². The van der Waals surface area contributed by atoms with Crippen LogP contribution in [0.4, 0.5) is 5.82 Å². The van der Waals surface area contributed by atoms with Crippen LogP contribution < -0.4 is 25.1 Å². The van der Waals surface area contributed by atoms with Gasteiger partial charge >= 0.3 is 0 Å². The summed E-state index contributed by atoms with van der Waals surface area (Å²) >= 11 is 1.41. The second kappa shape index (κ2) is 8.08. The smallest absolute Gasteiger partial charge is 0.270 e.